The van der Waals surface area contributed by atoms with E-state index in [4.69, 9.17) is 0 Å². The lowest BCUT2D eigenvalue weighted by atomic mass is 10.0. The molecule has 0 unspecified atom stereocenters. The van der Waals surface area contributed by atoms with E-state index in [0.717, 1.165) is 37.3 Å². The van der Waals surface area contributed by atoms with Crippen molar-refractivity contribution in [2.75, 3.05) is 30.8 Å². The fourth-order valence-electron chi connectivity index (χ4n) is 2.87. The van der Waals surface area contributed by atoms with E-state index in [1.54, 1.807) is 13.2 Å². The average molecular weight is 325 g/mol. The maximum Gasteiger partial charge on any atom is 0.253 e. The minimum Gasteiger partial charge on any atom is -0.367 e. The van der Waals surface area contributed by atoms with Crippen LogP contribution in [0.15, 0.2) is 36.5 Å². The van der Waals surface area contributed by atoms with Crippen molar-refractivity contribution < 1.29 is 4.79 Å². The van der Waals surface area contributed by atoms with Gasteiger partial charge in [0, 0.05) is 37.9 Å². The maximum atomic E-state index is 12.5. The number of anilines is 2. The highest BCUT2D eigenvalue weighted by atomic mass is 16.2. The molecular weight excluding hydrogens is 302 g/mol. The minimum absolute atomic E-state index is 0.118. The van der Waals surface area contributed by atoms with Crippen molar-refractivity contribution in [3.63, 3.8) is 0 Å². The molecule has 6 nitrogen and oxygen atoms in total. The highest BCUT2D eigenvalue weighted by molar-refractivity contribution is 5.94. The van der Waals surface area contributed by atoms with Crippen molar-refractivity contribution in [3.8, 4) is 0 Å². The third-order valence-corrected chi connectivity index (χ3v) is 4.31. The van der Waals surface area contributed by atoms with Crippen LogP contribution in [0.3, 0.4) is 0 Å². The lowest BCUT2D eigenvalue weighted by Crippen LogP contribution is -2.42. The molecule has 0 aliphatic carbocycles. The van der Waals surface area contributed by atoms with E-state index < -0.39 is 0 Å². The number of hydrogen-bond acceptors (Lipinski definition) is 5. The Bertz CT molecular complexity index is 693. The van der Waals surface area contributed by atoms with E-state index >= 15 is 0 Å². The fraction of sp³-hybridized carbons (Fsp3) is 0.389. The second-order valence-electron chi connectivity index (χ2n) is 6.09. The summed E-state index contributed by atoms with van der Waals surface area (Å²) < 4.78 is 0. The van der Waals surface area contributed by atoms with Gasteiger partial charge in [-0.3, -0.25) is 4.79 Å². The highest BCUT2D eigenvalue weighted by Gasteiger charge is 2.23. The Balaban J connectivity index is 1.55. The number of hydrogen-bond donors (Lipinski definition) is 2. The Labute approximate surface area is 142 Å². The first-order valence-corrected chi connectivity index (χ1v) is 8.29. The molecule has 1 aromatic heterocycles. The Morgan fingerprint density at radius 3 is 2.54 bits per heavy atom. The monoisotopic (exact) mass is 325 g/mol. The Kier molecular flexibility index (Phi) is 4.93. The van der Waals surface area contributed by atoms with Gasteiger partial charge in [-0.2, -0.15) is 4.98 Å². The molecule has 6 heteroatoms. The molecule has 0 bridgehead atoms. The van der Waals surface area contributed by atoms with Gasteiger partial charge in [0.2, 0.25) is 5.95 Å². The molecule has 2 N–H and O–H groups in total. The Morgan fingerprint density at radius 1 is 1.17 bits per heavy atom. The van der Waals surface area contributed by atoms with Crippen molar-refractivity contribution in [3.05, 3.63) is 47.7 Å². The van der Waals surface area contributed by atoms with Crippen molar-refractivity contribution in [2.24, 2.45) is 0 Å². The molecule has 126 valence electrons. The van der Waals surface area contributed by atoms with E-state index in [2.05, 4.69) is 20.6 Å². The molecule has 2 aromatic rings. The van der Waals surface area contributed by atoms with E-state index in [-0.39, 0.29) is 5.91 Å². The molecule has 24 heavy (non-hydrogen) atoms. The predicted octanol–water partition coefficient (Wildman–Crippen LogP) is 2.54. The topological polar surface area (TPSA) is 70.2 Å². The van der Waals surface area contributed by atoms with Crippen LogP contribution in [0, 0.1) is 6.92 Å². The van der Waals surface area contributed by atoms with Crippen LogP contribution in [0.2, 0.25) is 0 Å². The van der Waals surface area contributed by atoms with Crippen molar-refractivity contribution >= 4 is 17.7 Å². The SMILES string of the molecule is CNc1nccc(NC2CCN(C(=O)c3ccc(C)cc3)CC2)n1. The molecule has 0 radical (unpaired) electrons. The van der Waals surface area contributed by atoms with E-state index in [9.17, 15) is 4.79 Å². The smallest absolute Gasteiger partial charge is 0.253 e. The van der Waals surface area contributed by atoms with Crippen LogP contribution in [-0.4, -0.2) is 47.0 Å². The van der Waals surface area contributed by atoms with Crippen LogP contribution in [0.5, 0.6) is 0 Å². The van der Waals surface area contributed by atoms with Gasteiger partial charge >= 0.3 is 0 Å². The van der Waals surface area contributed by atoms with Gasteiger partial charge in [0.15, 0.2) is 0 Å². The summed E-state index contributed by atoms with van der Waals surface area (Å²) in [5.74, 6) is 1.54. The molecule has 0 atom stereocenters. The Morgan fingerprint density at radius 2 is 1.88 bits per heavy atom. The summed E-state index contributed by atoms with van der Waals surface area (Å²) in [7, 11) is 1.80. The zero-order valence-electron chi connectivity index (χ0n) is 14.1. The van der Waals surface area contributed by atoms with Crippen LogP contribution in [-0.2, 0) is 0 Å². The number of benzene rings is 1. The van der Waals surface area contributed by atoms with E-state index in [1.165, 1.54) is 5.56 Å². The number of carbonyl (C=O) groups excluding carboxylic acids is 1. The van der Waals surface area contributed by atoms with Gasteiger partial charge in [0.1, 0.15) is 5.82 Å². The maximum absolute atomic E-state index is 12.5. The van der Waals surface area contributed by atoms with Crippen LogP contribution in [0.4, 0.5) is 11.8 Å². The van der Waals surface area contributed by atoms with Gasteiger partial charge in [-0.15, -0.1) is 0 Å². The molecule has 1 aliphatic heterocycles. The number of amides is 1. The number of nitrogens with zero attached hydrogens (tertiary/aromatic N) is 3. The van der Waals surface area contributed by atoms with Gasteiger partial charge in [0.05, 0.1) is 0 Å². The van der Waals surface area contributed by atoms with Gasteiger partial charge < -0.3 is 15.5 Å². The summed E-state index contributed by atoms with van der Waals surface area (Å²) in [6.07, 6.45) is 3.56. The molecule has 1 aliphatic rings. The van der Waals surface area contributed by atoms with Crippen LogP contribution >= 0.6 is 0 Å². The van der Waals surface area contributed by atoms with Crippen LogP contribution in [0.25, 0.3) is 0 Å². The predicted molar refractivity (Wildman–Crippen MR) is 95.3 cm³/mol. The number of nitrogens with one attached hydrogen (secondary N) is 2. The van der Waals surface area contributed by atoms with E-state index in [1.807, 2.05) is 42.2 Å². The molecule has 1 aromatic carbocycles. The lowest BCUT2D eigenvalue weighted by molar-refractivity contribution is 0.0718. The van der Waals surface area contributed by atoms with Gasteiger partial charge in [-0.25, -0.2) is 4.98 Å². The largest absolute Gasteiger partial charge is 0.367 e. The lowest BCUT2D eigenvalue weighted by Gasteiger charge is -2.32. The number of rotatable bonds is 4. The number of likely N-dealkylation sites (tertiary alicyclic amines) is 1. The van der Waals surface area contributed by atoms with Gasteiger partial charge in [-0.05, 0) is 38.0 Å². The minimum atomic E-state index is 0.118. The quantitative estimate of drug-likeness (QED) is 0.904. The number of aromatic nitrogens is 2. The third-order valence-electron chi connectivity index (χ3n) is 4.31. The van der Waals surface area contributed by atoms with Gasteiger partial charge in [0.25, 0.3) is 5.91 Å². The average Bonchev–Trinajstić information content (AvgIpc) is 2.62. The zero-order valence-corrected chi connectivity index (χ0v) is 14.1. The Hall–Kier alpha value is -2.63. The number of aryl methyl sites for hydroxylation is 1. The summed E-state index contributed by atoms with van der Waals surface area (Å²) in [6, 6.07) is 9.97. The first kappa shape index (κ1) is 16.2. The van der Waals surface area contributed by atoms with Crippen molar-refractivity contribution in [1.82, 2.24) is 14.9 Å². The normalized spacial score (nSPS) is 15.2. The first-order valence-electron chi connectivity index (χ1n) is 8.29. The molecule has 0 saturated carbocycles. The molecule has 0 spiro atoms. The third kappa shape index (κ3) is 3.82. The fourth-order valence-corrected chi connectivity index (χ4v) is 2.87. The first-order chi connectivity index (χ1) is 11.7. The highest BCUT2D eigenvalue weighted by Crippen LogP contribution is 2.18. The standard InChI is InChI=1S/C18H23N5O/c1-13-3-5-14(6-4-13)17(24)23-11-8-15(9-12-23)21-16-7-10-20-18(19-2)22-16/h3-7,10,15H,8-9,11-12H2,1-2H3,(H2,19,20,21,22). The van der Waals surface area contributed by atoms with Crippen LogP contribution < -0.4 is 10.6 Å². The van der Waals surface area contributed by atoms with Crippen molar-refractivity contribution in [1.29, 1.82) is 0 Å². The van der Waals surface area contributed by atoms with E-state index in [0.29, 0.717) is 12.0 Å². The molecule has 1 fully saturated rings. The van der Waals surface area contributed by atoms with Gasteiger partial charge in [-0.1, -0.05) is 17.7 Å². The summed E-state index contributed by atoms with van der Waals surface area (Å²) in [5, 5.41) is 6.37. The summed E-state index contributed by atoms with van der Waals surface area (Å²) in [5.41, 5.74) is 1.93. The van der Waals surface area contributed by atoms with Crippen molar-refractivity contribution in [2.45, 2.75) is 25.8 Å². The molecule has 3 rings (SSSR count). The zero-order chi connectivity index (χ0) is 16.9. The second kappa shape index (κ2) is 7.29. The molecule has 2 heterocycles. The summed E-state index contributed by atoms with van der Waals surface area (Å²) in [4.78, 5) is 23.0. The molecule has 1 amide bonds. The van der Waals surface area contributed by atoms with Crippen LogP contribution in [0.1, 0.15) is 28.8 Å². The number of piperidine rings is 1. The number of carbonyl (C=O) groups is 1. The summed E-state index contributed by atoms with van der Waals surface area (Å²) >= 11 is 0. The summed E-state index contributed by atoms with van der Waals surface area (Å²) in [6.45, 7) is 3.54. The molecule has 1 saturated heterocycles. The second-order valence-corrected chi connectivity index (χ2v) is 6.09. The molecular formula is C18H23N5O.